The van der Waals surface area contributed by atoms with E-state index in [0.29, 0.717) is 18.5 Å². The van der Waals surface area contributed by atoms with Gasteiger partial charge in [-0.15, -0.1) is 0 Å². The maximum absolute atomic E-state index is 13.0. The molecule has 5 amide bonds. The molecule has 1 spiro atoms. The number of rotatable bonds is 7. The zero-order chi connectivity index (χ0) is 25.1. The summed E-state index contributed by atoms with van der Waals surface area (Å²) in [7, 11) is 0. The van der Waals surface area contributed by atoms with Crippen molar-refractivity contribution in [3.8, 4) is 0 Å². The first kappa shape index (κ1) is 25.1. The van der Waals surface area contributed by atoms with E-state index in [1.54, 1.807) is 0 Å². The van der Waals surface area contributed by atoms with Crippen molar-refractivity contribution in [1.29, 1.82) is 0 Å². The lowest BCUT2D eigenvalue weighted by Gasteiger charge is -2.43. The van der Waals surface area contributed by atoms with Crippen LogP contribution in [0, 0.1) is 17.2 Å². The van der Waals surface area contributed by atoms with Crippen LogP contribution >= 0.6 is 0 Å². The number of carbonyl (C=O) groups excluding carboxylic acids is 5. The molecule has 3 N–H and O–H groups in total. The number of urea groups is 1. The number of ether oxygens (including phenoxy) is 1. The Morgan fingerprint density at radius 2 is 1.82 bits per heavy atom. The van der Waals surface area contributed by atoms with Crippen molar-refractivity contribution in [1.82, 2.24) is 15.5 Å². The lowest BCUT2D eigenvalue weighted by atomic mass is 9.64. The van der Waals surface area contributed by atoms with Crippen LogP contribution in [0.4, 0.5) is 14.9 Å². The molecule has 34 heavy (non-hydrogen) atoms. The van der Waals surface area contributed by atoms with Crippen molar-refractivity contribution >= 4 is 35.4 Å². The Morgan fingerprint density at radius 1 is 1.15 bits per heavy atom. The minimum atomic E-state index is -1.03. The average molecular weight is 477 g/mol. The summed E-state index contributed by atoms with van der Waals surface area (Å²) in [6, 6.07) is 4.43. The second-order valence-electron chi connectivity index (χ2n) is 9.75. The van der Waals surface area contributed by atoms with Gasteiger partial charge in [0.25, 0.3) is 11.8 Å². The Hall–Kier alpha value is -3.50. The molecule has 0 bridgehead atoms. The van der Waals surface area contributed by atoms with E-state index in [4.69, 9.17) is 4.74 Å². The molecular weight excluding hydrogens is 447 g/mol. The minimum absolute atomic E-state index is 0.141. The number of carbonyl (C=O) groups is 5. The van der Waals surface area contributed by atoms with Gasteiger partial charge in [-0.2, -0.15) is 0 Å². The van der Waals surface area contributed by atoms with Crippen molar-refractivity contribution in [2.24, 2.45) is 11.3 Å². The lowest BCUT2D eigenvalue weighted by Crippen LogP contribution is -2.54. The van der Waals surface area contributed by atoms with Crippen LogP contribution in [-0.4, -0.2) is 59.9 Å². The molecule has 1 heterocycles. The topological polar surface area (TPSA) is 134 Å². The highest BCUT2D eigenvalue weighted by Crippen LogP contribution is 2.46. The third-order valence-electron chi connectivity index (χ3n) is 5.85. The molecule has 1 aliphatic carbocycles. The van der Waals surface area contributed by atoms with Crippen LogP contribution in [0.15, 0.2) is 24.3 Å². The predicted molar refractivity (Wildman–Crippen MR) is 119 cm³/mol. The van der Waals surface area contributed by atoms with Gasteiger partial charge in [0.1, 0.15) is 17.9 Å². The summed E-state index contributed by atoms with van der Waals surface area (Å²) >= 11 is 0. The van der Waals surface area contributed by atoms with E-state index in [-0.39, 0.29) is 11.3 Å². The van der Waals surface area contributed by atoms with E-state index in [0.717, 1.165) is 11.3 Å². The number of esters is 1. The molecule has 1 aromatic carbocycles. The van der Waals surface area contributed by atoms with Gasteiger partial charge in [-0.05, 0) is 54.9 Å². The van der Waals surface area contributed by atoms with Crippen molar-refractivity contribution in [2.45, 2.75) is 45.6 Å². The number of benzene rings is 1. The van der Waals surface area contributed by atoms with Gasteiger partial charge in [-0.25, -0.2) is 9.18 Å². The lowest BCUT2D eigenvalue weighted by molar-refractivity contribution is -0.151. The van der Waals surface area contributed by atoms with Crippen LogP contribution in [0.3, 0.4) is 0 Å². The van der Waals surface area contributed by atoms with Gasteiger partial charge in [-0.3, -0.25) is 24.1 Å². The van der Waals surface area contributed by atoms with Crippen LogP contribution < -0.4 is 16.0 Å². The average Bonchev–Trinajstić information content (AvgIpc) is 2.94. The number of nitrogens with zero attached hydrogens (tertiary/aromatic N) is 1. The molecule has 11 heteroatoms. The number of imide groups is 1. The van der Waals surface area contributed by atoms with Gasteiger partial charge < -0.3 is 20.7 Å². The monoisotopic (exact) mass is 476 g/mol. The van der Waals surface area contributed by atoms with Crippen molar-refractivity contribution in [2.75, 3.05) is 25.0 Å². The predicted octanol–water partition coefficient (Wildman–Crippen LogP) is 1.56. The molecule has 2 atom stereocenters. The maximum atomic E-state index is 13.0. The summed E-state index contributed by atoms with van der Waals surface area (Å²) in [6.07, 6.45) is 1.90. The Bertz CT molecular complexity index is 996. The summed E-state index contributed by atoms with van der Waals surface area (Å²) in [5.74, 6) is -2.90. The van der Waals surface area contributed by atoms with Crippen LogP contribution in [0.5, 0.6) is 0 Å². The normalized spacial score (nSPS) is 23.4. The highest BCUT2D eigenvalue weighted by molar-refractivity contribution is 6.09. The minimum Gasteiger partial charge on any atom is -0.454 e. The molecule has 184 valence electrons. The molecular formula is C23H29FN4O6. The zero-order valence-corrected chi connectivity index (χ0v) is 19.4. The smallest absolute Gasteiger partial charge is 0.326 e. The van der Waals surface area contributed by atoms with Gasteiger partial charge in [0.15, 0.2) is 6.61 Å². The van der Waals surface area contributed by atoms with E-state index >= 15 is 0 Å². The summed E-state index contributed by atoms with van der Waals surface area (Å²) in [5.41, 5.74) is -0.819. The highest BCUT2D eigenvalue weighted by Gasteiger charge is 2.56. The van der Waals surface area contributed by atoms with E-state index in [9.17, 15) is 28.4 Å². The fourth-order valence-corrected chi connectivity index (χ4v) is 4.94. The van der Waals surface area contributed by atoms with E-state index < -0.39 is 60.8 Å². The molecule has 1 aromatic rings. The zero-order valence-electron chi connectivity index (χ0n) is 19.4. The first-order valence-electron chi connectivity index (χ1n) is 11.0. The van der Waals surface area contributed by atoms with Crippen molar-refractivity contribution < 1.29 is 33.1 Å². The van der Waals surface area contributed by atoms with Gasteiger partial charge in [0, 0.05) is 5.69 Å². The Kier molecular flexibility index (Phi) is 7.23. The van der Waals surface area contributed by atoms with Crippen LogP contribution in [0.1, 0.15) is 40.0 Å². The Morgan fingerprint density at radius 3 is 2.47 bits per heavy atom. The van der Waals surface area contributed by atoms with Gasteiger partial charge in [0.2, 0.25) is 5.91 Å². The van der Waals surface area contributed by atoms with E-state index in [1.165, 1.54) is 24.3 Å². The summed E-state index contributed by atoms with van der Waals surface area (Å²) < 4.78 is 17.7. The first-order valence-corrected chi connectivity index (χ1v) is 11.0. The Labute approximate surface area is 196 Å². The quantitative estimate of drug-likeness (QED) is 0.404. The molecule has 1 saturated carbocycles. The molecule has 0 radical (unpaired) electrons. The largest absolute Gasteiger partial charge is 0.454 e. The Balaban J connectivity index is 1.44. The SMILES string of the molecule is C[C@H]1CC(C)(C)C[C@]2(C1)NC(=O)N(CC(=O)OCC(=O)NCC(=O)Nc1ccc(F)cc1)C2=O. The number of halogens is 1. The molecule has 2 aliphatic rings. The van der Waals surface area contributed by atoms with Crippen LogP contribution in [0.25, 0.3) is 0 Å². The molecule has 2 fully saturated rings. The van der Waals surface area contributed by atoms with E-state index in [2.05, 4.69) is 16.0 Å². The molecule has 0 aromatic heterocycles. The second kappa shape index (κ2) is 9.78. The van der Waals surface area contributed by atoms with Gasteiger partial charge in [-0.1, -0.05) is 20.8 Å². The molecule has 1 aliphatic heterocycles. The number of nitrogens with one attached hydrogen (secondary N) is 3. The standard InChI is InChI=1S/C23H29FN4O6/c1-14-8-22(2,3)13-23(9-14)20(32)28(21(33)27-23)11-19(31)34-12-18(30)25-10-17(29)26-16-6-4-15(24)5-7-16/h4-7,14H,8-13H2,1-3H3,(H,25,30)(H,26,29)(H,27,33)/t14-,23-/m0/s1. The second-order valence-corrected chi connectivity index (χ2v) is 9.75. The number of anilines is 1. The fraction of sp³-hybridized carbons (Fsp3) is 0.522. The summed E-state index contributed by atoms with van der Waals surface area (Å²) in [4.78, 5) is 62.2. The highest BCUT2D eigenvalue weighted by atomic mass is 19.1. The molecule has 0 unspecified atom stereocenters. The fourth-order valence-electron chi connectivity index (χ4n) is 4.94. The van der Waals surface area contributed by atoms with Crippen molar-refractivity contribution in [3.05, 3.63) is 30.1 Å². The van der Waals surface area contributed by atoms with Gasteiger partial charge in [0.05, 0.1) is 6.54 Å². The first-order chi connectivity index (χ1) is 15.9. The maximum Gasteiger partial charge on any atom is 0.326 e. The molecule has 10 nitrogen and oxygen atoms in total. The van der Waals surface area contributed by atoms with Gasteiger partial charge >= 0.3 is 12.0 Å². The number of amides is 5. The van der Waals surface area contributed by atoms with Crippen LogP contribution in [-0.2, 0) is 23.9 Å². The summed E-state index contributed by atoms with van der Waals surface area (Å²) in [6.45, 7) is 4.43. The summed E-state index contributed by atoms with van der Waals surface area (Å²) in [5, 5.41) is 7.51. The molecule has 3 rings (SSSR count). The van der Waals surface area contributed by atoms with E-state index in [1.807, 2.05) is 20.8 Å². The van der Waals surface area contributed by atoms with Crippen LogP contribution in [0.2, 0.25) is 0 Å². The van der Waals surface area contributed by atoms with Crippen molar-refractivity contribution in [3.63, 3.8) is 0 Å². The molecule has 1 saturated heterocycles. The number of hydrogen-bond donors (Lipinski definition) is 3. The third-order valence-corrected chi connectivity index (χ3v) is 5.85. The number of hydrogen-bond acceptors (Lipinski definition) is 6. The third kappa shape index (κ3) is 6.09.